The van der Waals surface area contributed by atoms with Gasteiger partial charge in [0.25, 0.3) is 0 Å². The maximum absolute atomic E-state index is 14.6. The molecule has 1 fully saturated rings. The van der Waals surface area contributed by atoms with Crippen LogP contribution in [0.1, 0.15) is 17.7 Å². The van der Waals surface area contributed by atoms with Crippen molar-refractivity contribution in [1.82, 2.24) is 24.4 Å². The Morgan fingerprint density at radius 1 is 1.21 bits per heavy atom. The normalized spacial score (nSPS) is 16.8. The van der Waals surface area contributed by atoms with Crippen molar-refractivity contribution in [2.24, 2.45) is 0 Å². The fraction of sp³-hybridized carbons (Fsp3) is 0.263. The maximum Gasteiger partial charge on any atom is 0.158 e. The number of imidazole rings is 1. The third-order valence-electron chi connectivity index (χ3n) is 4.52. The predicted octanol–water partition coefficient (Wildman–Crippen LogP) is 2.96. The number of benzene rings is 1. The van der Waals surface area contributed by atoms with Crippen LogP contribution in [-0.2, 0) is 6.54 Å². The van der Waals surface area contributed by atoms with Crippen molar-refractivity contribution in [3.05, 3.63) is 60.2 Å². The van der Waals surface area contributed by atoms with E-state index < -0.39 is 6.17 Å². The molecule has 1 aliphatic rings. The van der Waals surface area contributed by atoms with E-state index in [9.17, 15) is 8.78 Å². The molecular formula is C19H17F2N7. The lowest BCUT2D eigenvalue weighted by Gasteiger charge is -2.15. The number of nitrogens with one attached hydrogen (secondary N) is 1. The number of hydrogen-bond acceptors (Lipinski definition) is 6. The van der Waals surface area contributed by atoms with E-state index >= 15 is 0 Å². The van der Waals surface area contributed by atoms with Gasteiger partial charge in [0.1, 0.15) is 36.0 Å². The van der Waals surface area contributed by atoms with Gasteiger partial charge in [-0.05, 0) is 24.1 Å². The van der Waals surface area contributed by atoms with Crippen LogP contribution < -0.4 is 5.32 Å². The molecule has 0 aliphatic carbocycles. The Labute approximate surface area is 160 Å². The van der Waals surface area contributed by atoms with Gasteiger partial charge in [-0.1, -0.05) is 6.07 Å². The summed E-state index contributed by atoms with van der Waals surface area (Å²) in [4.78, 5) is 14.2. The van der Waals surface area contributed by atoms with Crippen molar-refractivity contribution in [2.75, 3.05) is 18.4 Å². The summed E-state index contributed by atoms with van der Waals surface area (Å²) in [5, 5.41) is 11.7. The first-order chi connectivity index (χ1) is 13.6. The first-order valence-electron chi connectivity index (χ1n) is 8.79. The molecular weight excluding hydrogens is 364 g/mol. The number of rotatable bonds is 5. The lowest BCUT2D eigenvalue weighted by atomic mass is 10.2. The van der Waals surface area contributed by atoms with Crippen molar-refractivity contribution in [2.45, 2.75) is 19.1 Å². The molecule has 1 unspecified atom stereocenters. The Morgan fingerprint density at radius 2 is 2.11 bits per heavy atom. The van der Waals surface area contributed by atoms with E-state index in [-0.39, 0.29) is 11.5 Å². The van der Waals surface area contributed by atoms with E-state index in [1.165, 1.54) is 24.8 Å². The minimum Gasteiger partial charge on any atom is -0.322 e. The molecule has 2 aromatic heterocycles. The van der Waals surface area contributed by atoms with Crippen molar-refractivity contribution in [3.63, 3.8) is 0 Å². The monoisotopic (exact) mass is 381 g/mol. The van der Waals surface area contributed by atoms with Crippen LogP contribution in [0.4, 0.5) is 20.4 Å². The number of likely N-dealkylation sites (tertiary alicyclic amines) is 1. The number of nitrogens with zero attached hydrogens (tertiary/aromatic N) is 6. The van der Waals surface area contributed by atoms with E-state index in [2.05, 4.69) is 20.3 Å². The lowest BCUT2D eigenvalue weighted by molar-refractivity contribution is 0.282. The molecule has 4 rings (SSSR count). The topological polar surface area (TPSA) is 82.7 Å². The molecule has 9 heteroatoms. The van der Waals surface area contributed by atoms with Gasteiger partial charge in [0.15, 0.2) is 5.69 Å². The first kappa shape index (κ1) is 18.0. The maximum atomic E-state index is 14.6. The molecule has 0 spiro atoms. The molecule has 1 N–H and O–H groups in total. The number of anilines is 2. The highest BCUT2D eigenvalue weighted by atomic mass is 19.1. The van der Waals surface area contributed by atoms with E-state index in [1.807, 2.05) is 17.0 Å². The van der Waals surface area contributed by atoms with Crippen LogP contribution in [-0.4, -0.2) is 43.7 Å². The van der Waals surface area contributed by atoms with Crippen molar-refractivity contribution >= 4 is 11.6 Å². The highest BCUT2D eigenvalue weighted by Crippen LogP contribution is 2.21. The SMILES string of the molecule is N#Cc1cnc(Nc2cn(-c3ccc(CN4CCC(F)C4)cc3F)cn2)cn1. The zero-order valence-electron chi connectivity index (χ0n) is 14.9. The summed E-state index contributed by atoms with van der Waals surface area (Å²) in [5.41, 5.74) is 1.39. The minimum absolute atomic E-state index is 0.217. The Balaban J connectivity index is 1.46. The van der Waals surface area contributed by atoms with E-state index in [0.717, 1.165) is 5.56 Å². The van der Waals surface area contributed by atoms with Crippen molar-refractivity contribution < 1.29 is 8.78 Å². The van der Waals surface area contributed by atoms with Gasteiger partial charge in [-0.3, -0.25) is 4.90 Å². The number of halogens is 2. The third-order valence-corrected chi connectivity index (χ3v) is 4.52. The standard InChI is InChI=1S/C19H17F2N7/c20-14-3-4-27(10-14)9-13-1-2-17(16(21)5-13)28-11-19(25-12-28)26-18-8-23-15(6-22)7-24-18/h1-2,5,7-8,11-12,14H,3-4,9-10H2,(H,24,26). The van der Waals surface area contributed by atoms with Crippen LogP contribution in [0, 0.1) is 17.1 Å². The Morgan fingerprint density at radius 3 is 2.79 bits per heavy atom. The zero-order chi connectivity index (χ0) is 19.5. The molecule has 142 valence electrons. The molecule has 3 aromatic rings. The zero-order valence-corrected chi connectivity index (χ0v) is 14.9. The minimum atomic E-state index is -0.790. The van der Waals surface area contributed by atoms with Gasteiger partial charge in [-0.15, -0.1) is 0 Å². The summed E-state index contributed by atoms with van der Waals surface area (Å²) < 4.78 is 29.4. The molecule has 7 nitrogen and oxygen atoms in total. The predicted molar refractivity (Wildman–Crippen MR) is 98.3 cm³/mol. The van der Waals surface area contributed by atoms with Crippen LogP contribution in [0.5, 0.6) is 0 Å². The van der Waals surface area contributed by atoms with E-state index in [1.54, 1.807) is 16.8 Å². The molecule has 28 heavy (non-hydrogen) atoms. The largest absolute Gasteiger partial charge is 0.322 e. The fourth-order valence-electron chi connectivity index (χ4n) is 3.15. The second-order valence-electron chi connectivity index (χ2n) is 6.60. The molecule has 1 saturated heterocycles. The van der Waals surface area contributed by atoms with Gasteiger partial charge >= 0.3 is 0 Å². The molecule has 0 radical (unpaired) electrons. The Kier molecular flexibility index (Phi) is 4.95. The lowest BCUT2D eigenvalue weighted by Crippen LogP contribution is -2.20. The van der Waals surface area contributed by atoms with Crippen LogP contribution in [0.3, 0.4) is 0 Å². The second-order valence-corrected chi connectivity index (χ2v) is 6.60. The number of aromatic nitrogens is 4. The molecule has 1 aliphatic heterocycles. The average molecular weight is 381 g/mol. The summed E-state index contributed by atoms with van der Waals surface area (Å²) in [5.74, 6) is 0.515. The molecule has 0 amide bonds. The number of nitriles is 1. The van der Waals surface area contributed by atoms with Crippen LogP contribution in [0.2, 0.25) is 0 Å². The summed E-state index contributed by atoms with van der Waals surface area (Å²) in [7, 11) is 0. The first-order valence-corrected chi connectivity index (χ1v) is 8.79. The van der Waals surface area contributed by atoms with Gasteiger partial charge < -0.3 is 9.88 Å². The van der Waals surface area contributed by atoms with Crippen LogP contribution >= 0.6 is 0 Å². The van der Waals surface area contributed by atoms with Gasteiger partial charge in [0.05, 0.1) is 24.3 Å². The van der Waals surface area contributed by atoms with Crippen LogP contribution in [0.15, 0.2) is 43.1 Å². The smallest absolute Gasteiger partial charge is 0.158 e. The molecule has 3 heterocycles. The van der Waals surface area contributed by atoms with Crippen molar-refractivity contribution in [1.29, 1.82) is 5.26 Å². The highest BCUT2D eigenvalue weighted by molar-refractivity contribution is 5.51. The summed E-state index contributed by atoms with van der Waals surface area (Å²) in [6.45, 7) is 1.63. The third kappa shape index (κ3) is 3.97. The van der Waals surface area contributed by atoms with E-state index in [0.29, 0.717) is 43.4 Å². The molecule has 1 aromatic carbocycles. The van der Waals surface area contributed by atoms with Gasteiger partial charge in [0.2, 0.25) is 0 Å². The molecule has 0 saturated carbocycles. The second kappa shape index (κ2) is 7.70. The number of alkyl halides is 1. The summed E-state index contributed by atoms with van der Waals surface area (Å²) in [6, 6.07) is 6.88. The Hall–Kier alpha value is -3.38. The fourth-order valence-corrected chi connectivity index (χ4v) is 3.15. The quantitative estimate of drug-likeness (QED) is 0.732. The van der Waals surface area contributed by atoms with Gasteiger partial charge in [-0.2, -0.15) is 5.26 Å². The summed E-state index contributed by atoms with van der Waals surface area (Å²) >= 11 is 0. The van der Waals surface area contributed by atoms with Gasteiger partial charge in [0, 0.05) is 19.6 Å². The van der Waals surface area contributed by atoms with Crippen LogP contribution in [0.25, 0.3) is 5.69 Å². The average Bonchev–Trinajstić information content (AvgIpc) is 3.31. The highest BCUT2D eigenvalue weighted by Gasteiger charge is 2.21. The van der Waals surface area contributed by atoms with E-state index in [4.69, 9.17) is 5.26 Å². The molecule has 1 atom stereocenters. The number of hydrogen-bond donors (Lipinski definition) is 1. The Bertz CT molecular complexity index is 1010. The van der Waals surface area contributed by atoms with Crippen molar-refractivity contribution in [3.8, 4) is 11.8 Å². The molecule has 0 bridgehead atoms. The summed E-state index contributed by atoms with van der Waals surface area (Å²) in [6.07, 6.45) is 5.64. The van der Waals surface area contributed by atoms with Gasteiger partial charge in [-0.25, -0.2) is 23.7 Å².